The Kier molecular flexibility index (Phi) is 4.08. The highest BCUT2D eigenvalue weighted by molar-refractivity contribution is 9.10. The van der Waals surface area contributed by atoms with Crippen LogP contribution in [-0.2, 0) is 6.42 Å². The fourth-order valence-electron chi connectivity index (χ4n) is 2.05. The van der Waals surface area contributed by atoms with Gasteiger partial charge in [0.2, 0.25) is 5.82 Å². The Morgan fingerprint density at radius 2 is 1.90 bits per heavy atom. The van der Waals surface area contributed by atoms with Gasteiger partial charge in [-0.05, 0) is 51.8 Å². The van der Waals surface area contributed by atoms with Crippen molar-refractivity contribution in [3.05, 3.63) is 58.6 Å². The van der Waals surface area contributed by atoms with Crippen molar-refractivity contribution in [3.63, 3.8) is 0 Å². The minimum absolute atomic E-state index is 0.605. The topological polar surface area (TPSA) is 69.6 Å². The second-order valence-corrected chi connectivity index (χ2v) is 5.45. The van der Waals surface area contributed by atoms with Crippen molar-refractivity contribution in [2.75, 3.05) is 6.54 Å². The third-order valence-electron chi connectivity index (χ3n) is 3.11. The van der Waals surface area contributed by atoms with Gasteiger partial charge in [-0.3, -0.25) is 0 Å². The summed E-state index contributed by atoms with van der Waals surface area (Å²) in [5, 5.41) is 12.7. The van der Waals surface area contributed by atoms with E-state index in [4.69, 9.17) is 5.73 Å². The van der Waals surface area contributed by atoms with Crippen molar-refractivity contribution >= 4 is 15.9 Å². The second kappa shape index (κ2) is 6.15. The predicted octanol–water partition coefficient (Wildman–Crippen LogP) is 2.59. The van der Waals surface area contributed by atoms with E-state index < -0.39 is 0 Å². The molecule has 3 rings (SSSR count). The van der Waals surface area contributed by atoms with Gasteiger partial charge >= 0.3 is 0 Å². The lowest BCUT2D eigenvalue weighted by Crippen LogP contribution is -2.04. The van der Waals surface area contributed by atoms with Crippen LogP contribution in [0.1, 0.15) is 5.56 Å². The minimum Gasteiger partial charge on any atom is -0.330 e. The zero-order valence-corrected chi connectivity index (χ0v) is 12.9. The summed E-state index contributed by atoms with van der Waals surface area (Å²) < 4.78 is 0.922. The van der Waals surface area contributed by atoms with E-state index in [1.807, 2.05) is 48.5 Å². The average molecular weight is 344 g/mol. The molecule has 6 heteroatoms. The summed E-state index contributed by atoms with van der Waals surface area (Å²) in [7, 11) is 0. The van der Waals surface area contributed by atoms with Crippen LogP contribution >= 0.6 is 15.9 Å². The standard InChI is InChI=1S/C15H14BrN5/c16-13-10-11(8-9-17)6-7-14(13)21-19-15(18-20-21)12-4-2-1-3-5-12/h1-7,10H,8-9,17H2. The van der Waals surface area contributed by atoms with E-state index in [1.165, 1.54) is 10.4 Å². The molecule has 0 saturated heterocycles. The van der Waals surface area contributed by atoms with E-state index in [1.54, 1.807) is 0 Å². The van der Waals surface area contributed by atoms with Crippen molar-refractivity contribution in [2.24, 2.45) is 5.73 Å². The van der Waals surface area contributed by atoms with E-state index in [0.717, 1.165) is 22.1 Å². The van der Waals surface area contributed by atoms with Gasteiger partial charge in [0.25, 0.3) is 0 Å². The Bertz CT molecular complexity index is 739. The van der Waals surface area contributed by atoms with E-state index in [2.05, 4.69) is 31.3 Å². The van der Waals surface area contributed by atoms with Crippen molar-refractivity contribution < 1.29 is 0 Å². The summed E-state index contributed by atoms with van der Waals surface area (Å²) in [6.07, 6.45) is 0.846. The third-order valence-corrected chi connectivity index (χ3v) is 3.74. The average Bonchev–Trinajstić information content (AvgIpc) is 2.98. The van der Waals surface area contributed by atoms with Gasteiger partial charge in [-0.2, -0.15) is 0 Å². The monoisotopic (exact) mass is 343 g/mol. The molecule has 0 atom stereocenters. The number of hydrogen-bond donors (Lipinski definition) is 1. The van der Waals surface area contributed by atoms with Crippen molar-refractivity contribution in [1.29, 1.82) is 0 Å². The molecule has 0 aliphatic carbocycles. The number of halogens is 1. The van der Waals surface area contributed by atoms with E-state index in [0.29, 0.717) is 12.4 Å². The number of tetrazole rings is 1. The summed E-state index contributed by atoms with van der Waals surface area (Å²) >= 11 is 3.55. The van der Waals surface area contributed by atoms with Crippen LogP contribution in [0, 0.1) is 0 Å². The highest BCUT2D eigenvalue weighted by atomic mass is 79.9. The Balaban J connectivity index is 1.93. The molecule has 0 spiro atoms. The molecule has 0 aliphatic rings. The fraction of sp³-hybridized carbons (Fsp3) is 0.133. The van der Waals surface area contributed by atoms with Crippen LogP contribution in [0.25, 0.3) is 17.1 Å². The molecule has 0 bridgehead atoms. The SMILES string of the molecule is NCCc1ccc(-n2nnc(-c3ccccc3)n2)c(Br)c1. The molecule has 0 fully saturated rings. The second-order valence-electron chi connectivity index (χ2n) is 4.59. The molecule has 3 aromatic rings. The lowest BCUT2D eigenvalue weighted by atomic mass is 10.1. The summed E-state index contributed by atoms with van der Waals surface area (Å²) in [5.74, 6) is 0.605. The first-order valence-electron chi connectivity index (χ1n) is 6.62. The van der Waals surface area contributed by atoms with Gasteiger partial charge in [0.05, 0.1) is 0 Å². The van der Waals surface area contributed by atoms with Crippen molar-refractivity contribution in [3.8, 4) is 17.1 Å². The maximum absolute atomic E-state index is 5.57. The summed E-state index contributed by atoms with van der Waals surface area (Å²) in [4.78, 5) is 1.53. The first-order chi connectivity index (χ1) is 10.3. The van der Waals surface area contributed by atoms with Crippen molar-refractivity contribution in [1.82, 2.24) is 20.2 Å². The van der Waals surface area contributed by atoms with Crippen LogP contribution < -0.4 is 5.73 Å². The van der Waals surface area contributed by atoms with Crippen LogP contribution in [-0.4, -0.2) is 26.8 Å². The molecule has 0 radical (unpaired) electrons. The summed E-state index contributed by atoms with van der Waals surface area (Å²) in [5.41, 5.74) is 8.55. The maximum atomic E-state index is 5.57. The molecular formula is C15H14BrN5. The van der Waals surface area contributed by atoms with Crippen molar-refractivity contribution in [2.45, 2.75) is 6.42 Å². The maximum Gasteiger partial charge on any atom is 0.205 e. The quantitative estimate of drug-likeness (QED) is 0.790. The highest BCUT2D eigenvalue weighted by Gasteiger charge is 2.10. The summed E-state index contributed by atoms with van der Waals surface area (Å²) in [6.45, 7) is 0.630. The van der Waals surface area contributed by atoms with Crippen LogP contribution in [0.5, 0.6) is 0 Å². The Hall–Kier alpha value is -2.05. The molecule has 1 heterocycles. The van der Waals surface area contributed by atoms with Gasteiger partial charge in [-0.1, -0.05) is 36.4 Å². The number of nitrogens with zero attached hydrogens (tertiary/aromatic N) is 4. The number of nitrogens with two attached hydrogens (primary N) is 1. The third kappa shape index (κ3) is 3.01. The Morgan fingerprint density at radius 3 is 2.62 bits per heavy atom. The largest absolute Gasteiger partial charge is 0.330 e. The number of aromatic nitrogens is 4. The van der Waals surface area contributed by atoms with E-state index in [-0.39, 0.29) is 0 Å². The molecule has 5 nitrogen and oxygen atoms in total. The minimum atomic E-state index is 0.605. The highest BCUT2D eigenvalue weighted by Crippen LogP contribution is 2.22. The van der Waals surface area contributed by atoms with Gasteiger partial charge < -0.3 is 5.73 Å². The molecule has 21 heavy (non-hydrogen) atoms. The smallest absolute Gasteiger partial charge is 0.205 e. The lowest BCUT2D eigenvalue weighted by Gasteiger charge is -2.05. The molecule has 2 N–H and O–H groups in total. The number of hydrogen-bond acceptors (Lipinski definition) is 4. The fourth-order valence-corrected chi connectivity index (χ4v) is 2.64. The Morgan fingerprint density at radius 1 is 1.10 bits per heavy atom. The molecule has 106 valence electrons. The first-order valence-corrected chi connectivity index (χ1v) is 7.41. The van der Waals surface area contributed by atoms with Gasteiger partial charge in [-0.25, -0.2) is 0 Å². The van der Waals surface area contributed by atoms with Crippen LogP contribution in [0.2, 0.25) is 0 Å². The number of benzene rings is 2. The van der Waals surface area contributed by atoms with Gasteiger partial charge in [0.1, 0.15) is 5.69 Å². The molecule has 0 amide bonds. The molecular weight excluding hydrogens is 330 g/mol. The first kappa shape index (κ1) is 13.9. The molecule has 0 unspecified atom stereocenters. The van der Waals surface area contributed by atoms with Gasteiger partial charge in [0.15, 0.2) is 0 Å². The molecule has 0 saturated carbocycles. The predicted molar refractivity (Wildman–Crippen MR) is 85.0 cm³/mol. The summed E-state index contributed by atoms with van der Waals surface area (Å²) in [6, 6.07) is 15.8. The van der Waals surface area contributed by atoms with E-state index >= 15 is 0 Å². The normalized spacial score (nSPS) is 10.8. The van der Waals surface area contributed by atoms with Crippen LogP contribution in [0.4, 0.5) is 0 Å². The molecule has 1 aromatic heterocycles. The zero-order valence-electron chi connectivity index (χ0n) is 11.3. The van der Waals surface area contributed by atoms with Crippen LogP contribution in [0.3, 0.4) is 0 Å². The van der Waals surface area contributed by atoms with E-state index in [9.17, 15) is 0 Å². The lowest BCUT2D eigenvalue weighted by molar-refractivity contribution is 0.717. The van der Waals surface area contributed by atoms with Gasteiger partial charge in [0, 0.05) is 10.0 Å². The Labute approximate surface area is 130 Å². The molecule has 0 aliphatic heterocycles. The number of rotatable bonds is 4. The van der Waals surface area contributed by atoms with Crippen LogP contribution in [0.15, 0.2) is 53.0 Å². The molecule has 2 aromatic carbocycles. The zero-order chi connectivity index (χ0) is 14.7. The van der Waals surface area contributed by atoms with Gasteiger partial charge in [-0.15, -0.1) is 15.0 Å².